The molecule has 1 aliphatic rings. The average molecular weight is 420 g/mol. The maximum atomic E-state index is 14.0. The van der Waals surface area contributed by atoms with Crippen molar-refractivity contribution in [2.45, 2.75) is 38.6 Å². The Hall–Kier alpha value is -2.67. The molecule has 29 heavy (non-hydrogen) atoms. The van der Waals surface area contributed by atoms with Gasteiger partial charge in [0, 0.05) is 30.7 Å². The van der Waals surface area contributed by atoms with E-state index in [-0.39, 0.29) is 28.5 Å². The summed E-state index contributed by atoms with van der Waals surface area (Å²) in [5.41, 5.74) is 2.08. The van der Waals surface area contributed by atoms with Crippen molar-refractivity contribution < 1.29 is 19.1 Å². The Morgan fingerprint density at radius 3 is 2.66 bits per heavy atom. The normalized spacial score (nSPS) is 15.7. The number of carboxylic acids is 1. The maximum absolute atomic E-state index is 14.0. The van der Waals surface area contributed by atoms with Crippen LogP contribution in [-0.2, 0) is 10.2 Å². The Morgan fingerprint density at radius 2 is 2.03 bits per heavy atom. The minimum Gasteiger partial charge on any atom is -0.481 e. The number of hydrogen-bond donors (Lipinski definition) is 1. The number of benzene rings is 1. The molecule has 1 atom stereocenters. The van der Waals surface area contributed by atoms with Gasteiger partial charge in [-0.3, -0.25) is 9.59 Å². The summed E-state index contributed by atoms with van der Waals surface area (Å²) < 4.78 is 14.0. The lowest BCUT2D eigenvalue weighted by molar-refractivity contribution is -0.137. The second kappa shape index (κ2) is 7.63. The first-order valence-electron chi connectivity index (χ1n) is 9.24. The molecule has 0 radical (unpaired) electrons. The SMILES string of the molecule is C[C@H](CC(=O)O)N(C)C(=O)c1ccc2c(n1)C(C)(C)CN2c1ccc(Cl)c(F)c1. The number of carbonyl (C=O) groups excluding carboxylic acids is 1. The number of carbonyl (C=O) groups is 2. The lowest BCUT2D eigenvalue weighted by Crippen LogP contribution is -2.37. The van der Waals surface area contributed by atoms with Crippen molar-refractivity contribution in [2.24, 2.45) is 0 Å². The number of aromatic nitrogens is 1. The summed E-state index contributed by atoms with van der Waals surface area (Å²) in [4.78, 5) is 31.7. The highest BCUT2D eigenvalue weighted by atomic mass is 35.5. The third-order valence-electron chi connectivity index (χ3n) is 5.24. The maximum Gasteiger partial charge on any atom is 0.305 e. The number of hydrogen-bond acceptors (Lipinski definition) is 4. The summed E-state index contributed by atoms with van der Waals surface area (Å²) >= 11 is 5.80. The summed E-state index contributed by atoms with van der Waals surface area (Å²) in [5, 5.41) is 9.02. The van der Waals surface area contributed by atoms with Crippen molar-refractivity contribution in [3.8, 4) is 0 Å². The number of carboxylic acid groups (broad SMARTS) is 1. The molecule has 0 saturated carbocycles. The second-order valence-corrected chi connectivity index (χ2v) is 8.40. The molecule has 0 fully saturated rings. The van der Waals surface area contributed by atoms with Crippen LogP contribution in [0.3, 0.4) is 0 Å². The molecule has 1 aromatic heterocycles. The number of rotatable bonds is 5. The molecule has 6 nitrogen and oxygen atoms in total. The van der Waals surface area contributed by atoms with Gasteiger partial charge in [-0.25, -0.2) is 9.37 Å². The minimum atomic E-state index is -0.967. The summed E-state index contributed by atoms with van der Waals surface area (Å²) in [5.74, 6) is -1.80. The van der Waals surface area contributed by atoms with E-state index in [4.69, 9.17) is 16.7 Å². The molecule has 0 spiro atoms. The van der Waals surface area contributed by atoms with Crippen molar-refractivity contribution in [1.29, 1.82) is 0 Å². The van der Waals surface area contributed by atoms with E-state index in [0.717, 1.165) is 11.4 Å². The van der Waals surface area contributed by atoms with Crippen LogP contribution in [-0.4, -0.2) is 46.5 Å². The standard InChI is InChI=1S/C21H23ClFN3O3/c1-12(9-18(27)28)25(4)20(29)16-7-8-17-19(24-16)21(2,3)11-26(17)13-5-6-14(22)15(23)10-13/h5-8,10,12H,9,11H2,1-4H3,(H,27,28)/t12-/m1/s1. The van der Waals surface area contributed by atoms with E-state index in [0.29, 0.717) is 12.2 Å². The van der Waals surface area contributed by atoms with Gasteiger partial charge in [0.15, 0.2) is 0 Å². The number of fused-ring (bicyclic) bond motifs is 1. The Kier molecular flexibility index (Phi) is 5.54. The van der Waals surface area contributed by atoms with Gasteiger partial charge in [-0.15, -0.1) is 0 Å². The predicted molar refractivity (Wildman–Crippen MR) is 109 cm³/mol. The van der Waals surface area contributed by atoms with E-state index < -0.39 is 17.8 Å². The zero-order chi connectivity index (χ0) is 21.5. The highest BCUT2D eigenvalue weighted by Gasteiger charge is 2.38. The van der Waals surface area contributed by atoms with Crippen LogP contribution in [0, 0.1) is 5.82 Å². The molecule has 1 N–H and O–H groups in total. The molecule has 2 aromatic rings. The summed E-state index contributed by atoms with van der Waals surface area (Å²) in [6.07, 6.45) is -0.144. The van der Waals surface area contributed by atoms with Crippen molar-refractivity contribution in [2.75, 3.05) is 18.5 Å². The van der Waals surface area contributed by atoms with Crippen molar-refractivity contribution in [1.82, 2.24) is 9.88 Å². The molecule has 8 heteroatoms. The number of halogens is 2. The van der Waals surface area contributed by atoms with Gasteiger partial charge in [0.25, 0.3) is 5.91 Å². The van der Waals surface area contributed by atoms with E-state index in [2.05, 4.69) is 4.98 Å². The smallest absolute Gasteiger partial charge is 0.305 e. The lowest BCUT2D eigenvalue weighted by atomic mass is 9.91. The second-order valence-electron chi connectivity index (χ2n) is 8.00. The Balaban J connectivity index is 1.94. The zero-order valence-corrected chi connectivity index (χ0v) is 17.5. The van der Waals surface area contributed by atoms with Crippen LogP contribution in [0.1, 0.15) is 43.4 Å². The fraction of sp³-hybridized carbons (Fsp3) is 0.381. The summed E-state index contributed by atoms with van der Waals surface area (Å²) in [6, 6.07) is 7.60. The van der Waals surface area contributed by atoms with Crippen LogP contribution in [0.25, 0.3) is 0 Å². The molecule has 1 aliphatic heterocycles. The molecule has 2 heterocycles. The van der Waals surface area contributed by atoms with Crippen molar-refractivity contribution >= 4 is 34.9 Å². The van der Waals surface area contributed by atoms with Crippen LogP contribution in [0.2, 0.25) is 5.02 Å². The monoisotopic (exact) mass is 419 g/mol. The number of nitrogens with zero attached hydrogens (tertiary/aromatic N) is 3. The molecule has 0 aliphatic carbocycles. The highest BCUT2D eigenvalue weighted by molar-refractivity contribution is 6.30. The molecule has 1 amide bonds. The number of aliphatic carboxylic acids is 1. The van der Waals surface area contributed by atoms with Gasteiger partial charge in [0.1, 0.15) is 11.5 Å². The Bertz CT molecular complexity index is 980. The van der Waals surface area contributed by atoms with Gasteiger partial charge in [-0.05, 0) is 37.3 Å². The fourth-order valence-electron chi connectivity index (χ4n) is 3.50. The van der Waals surface area contributed by atoms with Crippen LogP contribution >= 0.6 is 11.6 Å². The Labute approximate surface area is 173 Å². The van der Waals surface area contributed by atoms with Crippen molar-refractivity contribution in [3.63, 3.8) is 0 Å². The third kappa shape index (κ3) is 4.05. The summed E-state index contributed by atoms with van der Waals surface area (Å²) in [7, 11) is 1.57. The predicted octanol–water partition coefficient (Wildman–Crippen LogP) is 4.24. The number of anilines is 2. The first-order chi connectivity index (χ1) is 13.5. The van der Waals surface area contributed by atoms with Crippen LogP contribution in [0.4, 0.5) is 15.8 Å². The molecular weight excluding hydrogens is 397 g/mol. The van der Waals surface area contributed by atoms with Crippen LogP contribution in [0.5, 0.6) is 0 Å². The largest absolute Gasteiger partial charge is 0.481 e. The fourth-order valence-corrected chi connectivity index (χ4v) is 3.61. The first kappa shape index (κ1) is 21.0. The molecule has 0 unspecified atom stereocenters. The van der Waals surface area contributed by atoms with Gasteiger partial charge in [0.2, 0.25) is 0 Å². The van der Waals surface area contributed by atoms with E-state index >= 15 is 0 Å². The molecule has 3 rings (SSSR count). The minimum absolute atomic E-state index is 0.0602. The van der Waals surface area contributed by atoms with Gasteiger partial charge < -0.3 is 14.9 Å². The summed E-state index contributed by atoms with van der Waals surface area (Å²) in [6.45, 7) is 6.27. The van der Waals surface area contributed by atoms with E-state index in [1.807, 2.05) is 18.7 Å². The van der Waals surface area contributed by atoms with Crippen LogP contribution < -0.4 is 4.90 Å². The number of pyridine rings is 1. The van der Waals surface area contributed by atoms with Crippen molar-refractivity contribution in [3.05, 3.63) is 52.6 Å². The number of amides is 1. The van der Waals surface area contributed by atoms with Gasteiger partial charge >= 0.3 is 5.97 Å². The molecule has 1 aromatic carbocycles. The van der Waals surface area contributed by atoms with E-state index in [1.165, 1.54) is 17.0 Å². The zero-order valence-electron chi connectivity index (χ0n) is 16.7. The third-order valence-corrected chi connectivity index (χ3v) is 5.55. The van der Waals surface area contributed by atoms with E-state index in [1.54, 1.807) is 32.2 Å². The topological polar surface area (TPSA) is 73.7 Å². The van der Waals surface area contributed by atoms with Gasteiger partial charge in [0.05, 0.1) is 22.8 Å². The first-order valence-corrected chi connectivity index (χ1v) is 9.62. The molecule has 0 saturated heterocycles. The van der Waals surface area contributed by atoms with Crippen LogP contribution in [0.15, 0.2) is 30.3 Å². The Morgan fingerprint density at radius 1 is 1.34 bits per heavy atom. The highest BCUT2D eigenvalue weighted by Crippen LogP contribution is 2.43. The van der Waals surface area contributed by atoms with Gasteiger partial charge in [-0.2, -0.15) is 0 Å². The molecule has 154 valence electrons. The molecule has 0 bridgehead atoms. The lowest BCUT2D eigenvalue weighted by Gasteiger charge is -2.24. The molecular formula is C21H23ClFN3O3. The van der Waals surface area contributed by atoms with E-state index in [9.17, 15) is 14.0 Å². The quantitative estimate of drug-likeness (QED) is 0.784. The van der Waals surface area contributed by atoms with Gasteiger partial charge in [-0.1, -0.05) is 25.4 Å². The average Bonchev–Trinajstić information content (AvgIpc) is 2.93.